The van der Waals surface area contributed by atoms with Crippen molar-refractivity contribution in [2.75, 3.05) is 10.6 Å². The summed E-state index contributed by atoms with van der Waals surface area (Å²) >= 11 is 4.78. The Bertz CT molecular complexity index is 601. The van der Waals surface area contributed by atoms with Crippen molar-refractivity contribution in [3.05, 3.63) is 54.2 Å². The van der Waals surface area contributed by atoms with E-state index in [0.717, 1.165) is 0 Å². The zero-order valence-electron chi connectivity index (χ0n) is 9.96. The third-order valence-electron chi connectivity index (χ3n) is 2.34. The standard InChI is InChI=1S/C13H12N4OS/c14-13(19)16-10-6-2-1-5-9(10)12(18)17-11-7-3-4-8-15-11/h1-8H,(H3,14,16,19)(H,15,17,18). The second-order valence-electron chi connectivity index (χ2n) is 3.70. The summed E-state index contributed by atoms with van der Waals surface area (Å²) in [5.41, 5.74) is 6.43. The molecule has 0 aliphatic carbocycles. The van der Waals surface area contributed by atoms with Gasteiger partial charge < -0.3 is 16.4 Å². The number of hydrogen-bond donors (Lipinski definition) is 3. The number of hydrogen-bond acceptors (Lipinski definition) is 3. The zero-order chi connectivity index (χ0) is 13.7. The highest BCUT2D eigenvalue weighted by Crippen LogP contribution is 2.16. The van der Waals surface area contributed by atoms with E-state index in [1.807, 2.05) is 0 Å². The van der Waals surface area contributed by atoms with Crippen molar-refractivity contribution in [1.29, 1.82) is 0 Å². The van der Waals surface area contributed by atoms with Crippen molar-refractivity contribution in [1.82, 2.24) is 4.98 Å². The molecule has 0 saturated heterocycles. The van der Waals surface area contributed by atoms with E-state index in [9.17, 15) is 4.79 Å². The molecule has 0 radical (unpaired) electrons. The van der Waals surface area contributed by atoms with Gasteiger partial charge in [-0.05, 0) is 36.5 Å². The van der Waals surface area contributed by atoms with Gasteiger partial charge in [0, 0.05) is 6.20 Å². The van der Waals surface area contributed by atoms with E-state index < -0.39 is 0 Å². The molecule has 5 nitrogen and oxygen atoms in total. The van der Waals surface area contributed by atoms with Crippen LogP contribution >= 0.6 is 12.2 Å². The smallest absolute Gasteiger partial charge is 0.258 e. The summed E-state index contributed by atoms with van der Waals surface area (Å²) in [6, 6.07) is 12.2. The van der Waals surface area contributed by atoms with Crippen LogP contribution < -0.4 is 16.4 Å². The number of rotatable bonds is 3. The third kappa shape index (κ3) is 3.49. The quantitative estimate of drug-likeness (QED) is 0.745. The minimum absolute atomic E-state index is 0.109. The van der Waals surface area contributed by atoms with Gasteiger partial charge in [-0.25, -0.2) is 4.98 Å². The molecule has 1 aromatic heterocycles. The van der Waals surface area contributed by atoms with Crippen molar-refractivity contribution < 1.29 is 4.79 Å². The number of benzene rings is 1. The number of nitrogens with one attached hydrogen (secondary N) is 2. The van der Waals surface area contributed by atoms with Crippen LogP contribution in [0.2, 0.25) is 0 Å². The molecule has 0 aliphatic rings. The van der Waals surface area contributed by atoms with Crippen LogP contribution in [-0.4, -0.2) is 16.0 Å². The summed E-state index contributed by atoms with van der Waals surface area (Å²) in [6.45, 7) is 0. The summed E-state index contributed by atoms with van der Waals surface area (Å²) in [7, 11) is 0. The molecule has 0 spiro atoms. The Labute approximate surface area is 115 Å². The number of thiocarbonyl (C=S) groups is 1. The molecule has 0 fully saturated rings. The average molecular weight is 272 g/mol. The Morgan fingerprint density at radius 2 is 1.84 bits per heavy atom. The Morgan fingerprint density at radius 1 is 1.11 bits per heavy atom. The topological polar surface area (TPSA) is 80.0 Å². The second-order valence-corrected chi connectivity index (χ2v) is 4.14. The molecule has 4 N–H and O–H groups in total. The van der Waals surface area contributed by atoms with Crippen molar-refractivity contribution in [2.45, 2.75) is 0 Å². The molecule has 1 heterocycles. The first-order chi connectivity index (χ1) is 9.16. The van der Waals surface area contributed by atoms with Crippen molar-refractivity contribution in [2.24, 2.45) is 5.73 Å². The Kier molecular flexibility index (Phi) is 4.04. The maximum Gasteiger partial charge on any atom is 0.258 e. The number of aromatic nitrogens is 1. The van der Waals surface area contributed by atoms with E-state index in [-0.39, 0.29) is 11.0 Å². The number of carbonyl (C=O) groups excluding carboxylic acids is 1. The lowest BCUT2D eigenvalue weighted by Gasteiger charge is -2.10. The van der Waals surface area contributed by atoms with E-state index >= 15 is 0 Å². The van der Waals surface area contributed by atoms with Crippen molar-refractivity contribution in [3.63, 3.8) is 0 Å². The van der Waals surface area contributed by atoms with E-state index in [1.54, 1.807) is 48.7 Å². The summed E-state index contributed by atoms with van der Waals surface area (Å²) in [6.07, 6.45) is 1.61. The fourth-order valence-corrected chi connectivity index (χ4v) is 1.65. The Hall–Kier alpha value is -2.47. The third-order valence-corrected chi connectivity index (χ3v) is 2.44. The number of para-hydroxylation sites is 1. The molecule has 0 aliphatic heterocycles. The first kappa shape index (κ1) is 13.0. The zero-order valence-corrected chi connectivity index (χ0v) is 10.8. The molecule has 6 heteroatoms. The van der Waals surface area contributed by atoms with Crippen molar-refractivity contribution >= 4 is 34.7 Å². The first-order valence-corrected chi connectivity index (χ1v) is 5.95. The molecule has 0 atom stereocenters. The number of amides is 1. The fraction of sp³-hybridized carbons (Fsp3) is 0. The van der Waals surface area contributed by atoms with Crippen LogP contribution in [0.1, 0.15) is 10.4 Å². The summed E-state index contributed by atoms with van der Waals surface area (Å²) < 4.78 is 0. The van der Waals surface area contributed by atoms with Gasteiger partial charge in [0.25, 0.3) is 5.91 Å². The molecular formula is C13H12N4OS. The molecule has 1 amide bonds. The lowest BCUT2D eigenvalue weighted by molar-refractivity contribution is 0.102. The first-order valence-electron chi connectivity index (χ1n) is 5.54. The lowest BCUT2D eigenvalue weighted by atomic mass is 10.1. The predicted octanol–water partition coefficient (Wildman–Crippen LogP) is 1.99. The molecule has 2 rings (SSSR count). The minimum atomic E-state index is -0.280. The average Bonchev–Trinajstić information content (AvgIpc) is 2.39. The molecule has 19 heavy (non-hydrogen) atoms. The highest BCUT2D eigenvalue weighted by atomic mass is 32.1. The van der Waals surface area contributed by atoms with E-state index in [0.29, 0.717) is 17.1 Å². The van der Waals surface area contributed by atoms with Gasteiger partial charge in [0.2, 0.25) is 0 Å². The normalized spacial score (nSPS) is 9.68. The van der Waals surface area contributed by atoms with Gasteiger partial charge in [-0.3, -0.25) is 4.79 Å². The number of pyridine rings is 1. The van der Waals surface area contributed by atoms with Gasteiger partial charge >= 0.3 is 0 Å². The van der Waals surface area contributed by atoms with E-state index in [1.165, 1.54) is 0 Å². The summed E-state index contributed by atoms with van der Waals surface area (Å²) in [5.74, 6) is 0.204. The van der Waals surface area contributed by atoms with Gasteiger partial charge in [-0.15, -0.1) is 0 Å². The van der Waals surface area contributed by atoms with Gasteiger partial charge in [0.15, 0.2) is 5.11 Å². The van der Waals surface area contributed by atoms with Gasteiger partial charge in [0.1, 0.15) is 5.82 Å². The highest BCUT2D eigenvalue weighted by molar-refractivity contribution is 7.80. The van der Waals surface area contributed by atoms with Crippen LogP contribution in [0.4, 0.5) is 11.5 Å². The molecule has 0 bridgehead atoms. The molecule has 1 aromatic carbocycles. The van der Waals surface area contributed by atoms with Crippen molar-refractivity contribution in [3.8, 4) is 0 Å². The molecule has 96 valence electrons. The minimum Gasteiger partial charge on any atom is -0.376 e. The number of carbonyl (C=O) groups is 1. The fourth-order valence-electron chi connectivity index (χ4n) is 1.54. The van der Waals surface area contributed by atoms with Crippen LogP contribution in [0.15, 0.2) is 48.7 Å². The molecule has 0 unspecified atom stereocenters. The highest BCUT2D eigenvalue weighted by Gasteiger charge is 2.11. The number of nitrogens with two attached hydrogens (primary N) is 1. The maximum atomic E-state index is 12.1. The predicted molar refractivity (Wildman–Crippen MR) is 79.0 cm³/mol. The SMILES string of the molecule is NC(=S)Nc1ccccc1C(=O)Nc1ccccn1. The molecular weight excluding hydrogens is 260 g/mol. The van der Waals surface area contributed by atoms with Gasteiger partial charge in [-0.2, -0.15) is 0 Å². The summed E-state index contributed by atoms with van der Waals surface area (Å²) in [5, 5.41) is 5.58. The van der Waals surface area contributed by atoms with Gasteiger partial charge in [0.05, 0.1) is 11.3 Å². The van der Waals surface area contributed by atoms with E-state index in [2.05, 4.69) is 15.6 Å². The summed E-state index contributed by atoms with van der Waals surface area (Å²) in [4.78, 5) is 16.2. The molecule has 0 saturated carbocycles. The molecule has 2 aromatic rings. The van der Waals surface area contributed by atoms with Crippen LogP contribution in [0.5, 0.6) is 0 Å². The lowest BCUT2D eigenvalue weighted by Crippen LogP contribution is -2.22. The Balaban J connectivity index is 2.21. The number of nitrogens with zero attached hydrogens (tertiary/aromatic N) is 1. The van der Waals surface area contributed by atoms with E-state index in [4.69, 9.17) is 18.0 Å². The van der Waals surface area contributed by atoms with Crippen LogP contribution in [0.25, 0.3) is 0 Å². The monoisotopic (exact) mass is 272 g/mol. The van der Waals surface area contributed by atoms with Gasteiger partial charge in [-0.1, -0.05) is 18.2 Å². The number of anilines is 2. The Morgan fingerprint density at radius 3 is 2.53 bits per heavy atom. The van der Waals surface area contributed by atoms with Crippen LogP contribution in [-0.2, 0) is 0 Å². The van der Waals surface area contributed by atoms with Crippen LogP contribution in [0.3, 0.4) is 0 Å². The second kappa shape index (κ2) is 5.92. The largest absolute Gasteiger partial charge is 0.376 e. The van der Waals surface area contributed by atoms with Crippen LogP contribution in [0, 0.1) is 0 Å². The maximum absolute atomic E-state index is 12.1.